The number of aromatic nitrogens is 2. The minimum Gasteiger partial charge on any atom is -0.305 e. The second-order valence-electron chi connectivity index (χ2n) is 4.63. The number of rotatable bonds is 1. The molecule has 3 rings (SSSR count). The highest BCUT2D eigenvalue weighted by Gasteiger charge is 2.08. The second-order valence-corrected chi connectivity index (χ2v) is 4.63. The molecule has 0 aliphatic rings. The zero-order valence-electron chi connectivity index (χ0n) is 10.4. The van der Waals surface area contributed by atoms with Gasteiger partial charge in [-0.1, -0.05) is 18.2 Å². The molecule has 0 unspecified atom stereocenters. The number of hydrogen-bond acceptors (Lipinski definition) is 1. The molecule has 0 radical (unpaired) electrons. The zero-order valence-corrected chi connectivity index (χ0v) is 10.4. The molecule has 0 aliphatic heterocycles. The van der Waals surface area contributed by atoms with Gasteiger partial charge in [0.2, 0.25) is 0 Å². The third-order valence-electron chi connectivity index (χ3n) is 3.10. The average molecular weight is 238 g/mol. The van der Waals surface area contributed by atoms with Gasteiger partial charge in [0.05, 0.1) is 16.7 Å². The monoisotopic (exact) mass is 238 g/mol. The molecule has 0 saturated carbocycles. The highest BCUT2D eigenvalue weighted by atomic mass is 16.1. The first kappa shape index (κ1) is 10.8. The summed E-state index contributed by atoms with van der Waals surface area (Å²) in [5, 5.41) is 0. The van der Waals surface area contributed by atoms with Crippen LogP contribution in [0.25, 0.3) is 16.7 Å². The van der Waals surface area contributed by atoms with Crippen LogP contribution in [-0.2, 0) is 0 Å². The first-order valence-corrected chi connectivity index (χ1v) is 5.93. The smallest absolute Gasteiger partial charge is 0.305 e. The van der Waals surface area contributed by atoms with Crippen LogP contribution in [0.2, 0.25) is 0 Å². The van der Waals surface area contributed by atoms with Crippen LogP contribution in [0.5, 0.6) is 0 Å². The van der Waals surface area contributed by atoms with Crippen molar-refractivity contribution in [2.24, 2.45) is 0 Å². The Morgan fingerprint density at radius 2 is 1.78 bits per heavy atom. The molecule has 18 heavy (non-hydrogen) atoms. The number of benzene rings is 2. The molecule has 90 valence electrons. The van der Waals surface area contributed by atoms with Gasteiger partial charge in [-0.2, -0.15) is 0 Å². The van der Waals surface area contributed by atoms with E-state index in [1.54, 1.807) is 4.57 Å². The van der Waals surface area contributed by atoms with E-state index in [0.717, 1.165) is 27.8 Å². The maximum Gasteiger partial charge on any atom is 0.331 e. The molecular weight excluding hydrogens is 224 g/mol. The Labute approximate surface area is 105 Å². The van der Waals surface area contributed by atoms with Gasteiger partial charge in [0, 0.05) is 0 Å². The van der Waals surface area contributed by atoms with E-state index in [4.69, 9.17) is 0 Å². The van der Waals surface area contributed by atoms with E-state index in [2.05, 4.69) is 4.98 Å². The van der Waals surface area contributed by atoms with Crippen LogP contribution >= 0.6 is 0 Å². The Hall–Kier alpha value is -2.29. The molecule has 1 heterocycles. The van der Waals surface area contributed by atoms with Crippen molar-refractivity contribution in [3.63, 3.8) is 0 Å². The molecule has 0 fully saturated rings. The lowest BCUT2D eigenvalue weighted by Gasteiger charge is -2.04. The molecule has 0 aliphatic carbocycles. The summed E-state index contributed by atoms with van der Waals surface area (Å²) < 4.78 is 1.72. The van der Waals surface area contributed by atoms with Gasteiger partial charge in [-0.15, -0.1) is 0 Å². The molecule has 0 atom stereocenters. The fraction of sp³-hybridized carbons (Fsp3) is 0.133. The van der Waals surface area contributed by atoms with Crippen molar-refractivity contribution in [2.45, 2.75) is 13.8 Å². The first-order chi connectivity index (χ1) is 8.65. The number of nitrogens with zero attached hydrogens (tertiary/aromatic N) is 1. The van der Waals surface area contributed by atoms with Crippen LogP contribution in [0, 0.1) is 13.8 Å². The minimum absolute atomic E-state index is 0.0961. The number of nitrogens with one attached hydrogen (secondary N) is 1. The molecule has 3 aromatic rings. The minimum atomic E-state index is -0.0961. The molecule has 3 nitrogen and oxygen atoms in total. The topological polar surface area (TPSA) is 37.8 Å². The highest BCUT2D eigenvalue weighted by Crippen LogP contribution is 2.17. The number of hydrogen-bond donors (Lipinski definition) is 1. The highest BCUT2D eigenvalue weighted by molar-refractivity contribution is 5.78. The number of fused-ring (bicyclic) bond motifs is 1. The Morgan fingerprint density at radius 3 is 2.56 bits per heavy atom. The lowest BCUT2D eigenvalue weighted by Crippen LogP contribution is -2.14. The summed E-state index contributed by atoms with van der Waals surface area (Å²) in [6, 6.07) is 13.9. The fourth-order valence-corrected chi connectivity index (χ4v) is 2.24. The van der Waals surface area contributed by atoms with Gasteiger partial charge in [-0.05, 0) is 49.2 Å². The summed E-state index contributed by atoms with van der Waals surface area (Å²) >= 11 is 0. The van der Waals surface area contributed by atoms with E-state index >= 15 is 0 Å². The van der Waals surface area contributed by atoms with Crippen molar-refractivity contribution >= 4 is 11.0 Å². The van der Waals surface area contributed by atoms with E-state index < -0.39 is 0 Å². The summed E-state index contributed by atoms with van der Waals surface area (Å²) in [6.45, 7) is 4.05. The van der Waals surface area contributed by atoms with Gasteiger partial charge in [0.25, 0.3) is 0 Å². The van der Waals surface area contributed by atoms with Crippen LogP contribution in [0.1, 0.15) is 11.1 Å². The quantitative estimate of drug-likeness (QED) is 0.695. The van der Waals surface area contributed by atoms with Crippen LogP contribution in [-0.4, -0.2) is 9.55 Å². The maximum absolute atomic E-state index is 12.1. The van der Waals surface area contributed by atoms with Crippen molar-refractivity contribution in [1.29, 1.82) is 0 Å². The van der Waals surface area contributed by atoms with Crippen molar-refractivity contribution < 1.29 is 0 Å². The van der Waals surface area contributed by atoms with Crippen molar-refractivity contribution in [1.82, 2.24) is 9.55 Å². The van der Waals surface area contributed by atoms with Gasteiger partial charge in [0.15, 0.2) is 0 Å². The summed E-state index contributed by atoms with van der Waals surface area (Å²) in [6.07, 6.45) is 0. The Bertz CT molecular complexity index is 781. The Balaban J connectivity index is 2.38. The van der Waals surface area contributed by atoms with Crippen molar-refractivity contribution in [2.75, 3.05) is 0 Å². The third kappa shape index (κ3) is 1.64. The van der Waals surface area contributed by atoms with Gasteiger partial charge in [-0.3, -0.25) is 4.57 Å². The molecule has 2 aromatic carbocycles. The molecule has 3 heteroatoms. The summed E-state index contributed by atoms with van der Waals surface area (Å²) in [4.78, 5) is 14.9. The van der Waals surface area contributed by atoms with E-state index in [1.807, 2.05) is 56.3 Å². The SMILES string of the molecule is Cc1cccc(-n2c(=O)[nH]c3ccc(C)cc32)c1. The Kier molecular flexibility index (Phi) is 2.33. The van der Waals surface area contributed by atoms with Crippen molar-refractivity contribution in [3.05, 3.63) is 64.1 Å². The molecule has 1 N–H and O–H groups in total. The molecule has 0 bridgehead atoms. The van der Waals surface area contributed by atoms with Gasteiger partial charge < -0.3 is 4.98 Å². The number of aromatic amines is 1. The number of aryl methyl sites for hydroxylation is 2. The maximum atomic E-state index is 12.1. The third-order valence-corrected chi connectivity index (χ3v) is 3.10. The number of H-pyrrole nitrogens is 1. The average Bonchev–Trinajstić information content (AvgIpc) is 2.64. The lowest BCUT2D eigenvalue weighted by atomic mass is 10.2. The standard InChI is InChI=1S/C15H14N2O/c1-10-4-3-5-12(8-10)17-14-9-11(2)6-7-13(14)16-15(17)18/h3-9H,1-2H3,(H,16,18). The van der Waals surface area contributed by atoms with E-state index in [9.17, 15) is 4.79 Å². The lowest BCUT2D eigenvalue weighted by molar-refractivity contribution is 1.01. The van der Waals surface area contributed by atoms with Crippen LogP contribution in [0.15, 0.2) is 47.3 Å². The summed E-state index contributed by atoms with van der Waals surface area (Å²) in [5.41, 5.74) is 4.88. The molecule has 0 amide bonds. The Morgan fingerprint density at radius 1 is 1.00 bits per heavy atom. The van der Waals surface area contributed by atoms with Crippen LogP contribution < -0.4 is 5.69 Å². The second kappa shape index (κ2) is 3.88. The molecular formula is C15H14N2O. The van der Waals surface area contributed by atoms with Crippen LogP contribution in [0.3, 0.4) is 0 Å². The largest absolute Gasteiger partial charge is 0.331 e. The van der Waals surface area contributed by atoms with Crippen molar-refractivity contribution in [3.8, 4) is 5.69 Å². The molecule has 0 spiro atoms. The van der Waals surface area contributed by atoms with Crippen LogP contribution in [0.4, 0.5) is 0 Å². The first-order valence-electron chi connectivity index (χ1n) is 5.93. The predicted molar refractivity (Wildman–Crippen MR) is 73.4 cm³/mol. The van der Waals surface area contributed by atoms with E-state index in [0.29, 0.717) is 0 Å². The van der Waals surface area contributed by atoms with E-state index in [1.165, 1.54) is 0 Å². The zero-order chi connectivity index (χ0) is 12.7. The van der Waals surface area contributed by atoms with Gasteiger partial charge >= 0.3 is 5.69 Å². The van der Waals surface area contributed by atoms with E-state index in [-0.39, 0.29) is 5.69 Å². The predicted octanol–water partition coefficient (Wildman–Crippen LogP) is 2.94. The fourth-order valence-electron chi connectivity index (χ4n) is 2.24. The normalized spacial score (nSPS) is 11.0. The van der Waals surface area contributed by atoms with Gasteiger partial charge in [-0.25, -0.2) is 4.79 Å². The molecule has 0 saturated heterocycles. The molecule has 1 aromatic heterocycles. The summed E-state index contributed by atoms with van der Waals surface area (Å²) in [5.74, 6) is 0. The van der Waals surface area contributed by atoms with Gasteiger partial charge in [0.1, 0.15) is 0 Å². The summed E-state index contributed by atoms with van der Waals surface area (Å²) in [7, 11) is 0. The number of imidazole rings is 1.